The quantitative estimate of drug-likeness (QED) is 0.810. The Balaban J connectivity index is 0.00000225. The van der Waals surface area contributed by atoms with E-state index in [2.05, 4.69) is 0 Å². The number of anilines is 1. The summed E-state index contributed by atoms with van der Waals surface area (Å²) in [4.78, 5) is 26.2. The summed E-state index contributed by atoms with van der Waals surface area (Å²) in [6.07, 6.45) is 5.06. The molecule has 0 radical (unpaired) electrons. The van der Waals surface area contributed by atoms with Crippen LogP contribution in [0.15, 0.2) is 17.1 Å². The number of aryl methyl sites for hydroxylation is 1. The minimum absolute atomic E-state index is 0. The Morgan fingerprint density at radius 1 is 1.36 bits per heavy atom. The van der Waals surface area contributed by atoms with Crippen LogP contribution in [0.1, 0.15) is 53.1 Å². The SMILES string of the molecule is Cc1c(N2CCCC(CN)C2)c(F)cn2c(=O)c(C(=O)O)cc(C3CC3)c12.Cl. The summed E-state index contributed by atoms with van der Waals surface area (Å²) in [6.45, 7) is 3.84. The molecule has 2 fully saturated rings. The third kappa shape index (κ3) is 3.37. The molecular formula is C20H25ClFN3O3. The maximum atomic E-state index is 15.1. The summed E-state index contributed by atoms with van der Waals surface area (Å²) in [6, 6.07) is 1.49. The minimum atomic E-state index is -1.28. The summed E-state index contributed by atoms with van der Waals surface area (Å²) < 4.78 is 16.3. The van der Waals surface area contributed by atoms with Crippen LogP contribution in [0.25, 0.3) is 5.52 Å². The smallest absolute Gasteiger partial charge is 0.341 e. The van der Waals surface area contributed by atoms with Gasteiger partial charge >= 0.3 is 5.97 Å². The molecule has 2 aliphatic rings. The molecule has 152 valence electrons. The van der Waals surface area contributed by atoms with Crippen molar-refractivity contribution < 1.29 is 14.3 Å². The zero-order chi connectivity index (χ0) is 19.3. The maximum absolute atomic E-state index is 15.1. The Bertz CT molecular complexity index is 987. The Morgan fingerprint density at radius 3 is 2.68 bits per heavy atom. The fourth-order valence-corrected chi connectivity index (χ4v) is 4.35. The van der Waals surface area contributed by atoms with E-state index in [1.807, 2.05) is 11.8 Å². The molecule has 0 amide bonds. The predicted molar refractivity (Wildman–Crippen MR) is 109 cm³/mol. The molecule has 1 atom stereocenters. The third-order valence-corrected chi connectivity index (χ3v) is 5.86. The van der Waals surface area contributed by atoms with Crippen LogP contribution in [-0.4, -0.2) is 35.1 Å². The number of nitrogens with zero attached hydrogens (tertiary/aromatic N) is 2. The highest BCUT2D eigenvalue weighted by Gasteiger charge is 2.31. The molecule has 6 nitrogen and oxygen atoms in total. The lowest BCUT2D eigenvalue weighted by Crippen LogP contribution is -2.39. The van der Waals surface area contributed by atoms with Crippen molar-refractivity contribution in [2.45, 2.75) is 38.5 Å². The van der Waals surface area contributed by atoms with E-state index in [0.29, 0.717) is 35.8 Å². The van der Waals surface area contributed by atoms with E-state index in [4.69, 9.17) is 5.73 Å². The number of fused-ring (bicyclic) bond motifs is 1. The van der Waals surface area contributed by atoms with Crippen molar-refractivity contribution in [3.8, 4) is 0 Å². The number of aromatic nitrogens is 1. The molecular weight excluding hydrogens is 385 g/mol. The van der Waals surface area contributed by atoms with Crippen molar-refractivity contribution in [1.82, 2.24) is 4.40 Å². The Morgan fingerprint density at radius 2 is 2.07 bits per heavy atom. The second kappa shape index (κ2) is 7.72. The highest BCUT2D eigenvalue weighted by Crippen LogP contribution is 2.44. The van der Waals surface area contributed by atoms with Gasteiger partial charge < -0.3 is 15.7 Å². The van der Waals surface area contributed by atoms with E-state index < -0.39 is 17.3 Å². The first kappa shape index (κ1) is 20.6. The Hall–Kier alpha value is -2.12. The molecule has 3 N–H and O–H groups in total. The van der Waals surface area contributed by atoms with Gasteiger partial charge in [0.15, 0.2) is 5.82 Å². The summed E-state index contributed by atoms with van der Waals surface area (Å²) in [5, 5.41) is 9.38. The molecule has 1 aliphatic carbocycles. The molecule has 0 aromatic carbocycles. The van der Waals surface area contributed by atoms with Gasteiger partial charge in [-0.1, -0.05) is 0 Å². The molecule has 1 saturated carbocycles. The zero-order valence-electron chi connectivity index (χ0n) is 15.8. The van der Waals surface area contributed by atoms with Crippen LogP contribution in [0.2, 0.25) is 0 Å². The van der Waals surface area contributed by atoms with E-state index in [1.165, 1.54) is 10.5 Å². The highest BCUT2D eigenvalue weighted by atomic mass is 35.5. The molecule has 4 rings (SSSR count). The van der Waals surface area contributed by atoms with Gasteiger partial charge in [0.1, 0.15) is 5.56 Å². The van der Waals surface area contributed by atoms with Crippen molar-refractivity contribution >= 4 is 29.6 Å². The van der Waals surface area contributed by atoms with Crippen LogP contribution < -0.4 is 16.2 Å². The van der Waals surface area contributed by atoms with Crippen LogP contribution >= 0.6 is 12.4 Å². The highest BCUT2D eigenvalue weighted by molar-refractivity contribution is 5.89. The molecule has 2 aromatic heterocycles. The van der Waals surface area contributed by atoms with Crippen LogP contribution in [0.3, 0.4) is 0 Å². The number of rotatable bonds is 4. The summed E-state index contributed by atoms with van der Waals surface area (Å²) in [5.74, 6) is -1.22. The van der Waals surface area contributed by atoms with E-state index >= 15 is 4.39 Å². The van der Waals surface area contributed by atoms with Crippen molar-refractivity contribution in [3.05, 3.63) is 45.1 Å². The van der Waals surface area contributed by atoms with Crippen molar-refractivity contribution in [3.63, 3.8) is 0 Å². The van der Waals surface area contributed by atoms with Gasteiger partial charge in [-0.25, -0.2) is 9.18 Å². The largest absolute Gasteiger partial charge is 0.477 e. The van der Waals surface area contributed by atoms with Crippen molar-refractivity contribution in [1.29, 1.82) is 0 Å². The molecule has 2 aromatic rings. The zero-order valence-corrected chi connectivity index (χ0v) is 16.6. The normalized spacial score (nSPS) is 19.5. The number of hydrogen-bond donors (Lipinski definition) is 2. The van der Waals surface area contributed by atoms with Crippen molar-refractivity contribution in [2.75, 3.05) is 24.5 Å². The molecule has 1 unspecified atom stereocenters. The van der Waals surface area contributed by atoms with Gasteiger partial charge in [-0.05, 0) is 68.2 Å². The Labute approximate surface area is 168 Å². The molecule has 8 heteroatoms. The number of carboxylic acid groups (broad SMARTS) is 1. The van der Waals surface area contributed by atoms with Gasteiger partial charge in [0.05, 0.1) is 17.4 Å². The van der Waals surface area contributed by atoms with Gasteiger partial charge in [-0.15, -0.1) is 12.4 Å². The molecule has 3 heterocycles. The van der Waals surface area contributed by atoms with Crippen LogP contribution in [0, 0.1) is 18.7 Å². The van der Waals surface area contributed by atoms with E-state index in [9.17, 15) is 14.7 Å². The number of carbonyl (C=O) groups is 1. The van der Waals surface area contributed by atoms with Gasteiger partial charge in [-0.2, -0.15) is 0 Å². The third-order valence-electron chi connectivity index (χ3n) is 5.86. The molecule has 1 aliphatic heterocycles. The van der Waals surface area contributed by atoms with Gasteiger partial charge in [0, 0.05) is 13.1 Å². The van der Waals surface area contributed by atoms with E-state index in [-0.39, 0.29) is 23.9 Å². The number of aromatic carboxylic acids is 1. The minimum Gasteiger partial charge on any atom is -0.477 e. The number of piperidine rings is 1. The first-order valence-corrected chi connectivity index (χ1v) is 9.49. The second-order valence-corrected chi connectivity index (χ2v) is 7.76. The van der Waals surface area contributed by atoms with Gasteiger partial charge in [-0.3, -0.25) is 9.20 Å². The number of nitrogens with two attached hydrogens (primary N) is 1. The average molecular weight is 410 g/mol. The molecule has 0 spiro atoms. The van der Waals surface area contributed by atoms with Gasteiger partial charge in [0.2, 0.25) is 0 Å². The predicted octanol–water partition coefficient (Wildman–Crippen LogP) is 2.92. The van der Waals surface area contributed by atoms with E-state index in [1.54, 1.807) is 0 Å². The average Bonchev–Trinajstić information content (AvgIpc) is 3.47. The first-order chi connectivity index (χ1) is 12.9. The van der Waals surface area contributed by atoms with E-state index in [0.717, 1.165) is 44.0 Å². The van der Waals surface area contributed by atoms with Gasteiger partial charge in [0.25, 0.3) is 5.56 Å². The fraction of sp³-hybridized carbons (Fsp3) is 0.500. The molecule has 28 heavy (non-hydrogen) atoms. The number of pyridine rings is 2. The molecule has 0 bridgehead atoms. The number of hydrogen-bond acceptors (Lipinski definition) is 4. The monoisotopic (exact) mass is 409 g/mol. The lowest BCUT2D eigenvalue weighted by molar-refractivity contribution is 0.0694. The second-order valence-electron chi connectivity index (χ2n) is 7.76. The standard InChI is InChI=1S/C20H24FN3O3.ClH/c1-11-17-14(13-4-5-13)7-15(20(26)27)19(25)24(17)10-16(21)18(11)23-6-2-3-12(8-22)9-23;/h7,10,12-13H,2-6,8-9,22H2,1H3,(H,26,27);1H. The fourth-order valence-electron chi connectivity index (χ4n) is 4.35. The topological polar surface area (TPSA) is 88.0 Å². The molecule has 1 saturated heterocycles. The van der Waals surface area contributed by atoms with Crippen LogP contribution in [-0.2, 0) is 0 Å². The van der Waals surface area contributed by atoms with Crippen LogP contribution in [0.4, 0.5) is 10.1 Å². The summed E-state index contributed by atoms with van der Waals surface area (Å²) >= 11 is 0. The number of carboxylic acids is 1. The first-order valence-electron chi connectivity index (χ1n) is 9.49. The number of halogens is 2. The lowest BCUT2D eigenvalue weighted by atomic mass is 9.96. The maximum Gasteiger partial charge on any atom is 0.341 e. The summed E-state index contributed by atoms with van der Waals surface area (Å²) in [5.41, 5.74) is 7.53. The van der Waals surface area contributed by atoms with Crippen LogP contribution in [0.5, 0.6) is 0 Å². The summed E-state index contributed by atoms with van der Waals surface area (Å²) in [7, 11) is 0. The lowest BCUT2D eigenvalue weighted by Gasteiger charge is -2.35. The Kier molecular flexibility index (Phi) is 5.68. The van der Waals surface area contributed by atoms with Crippen molar-refractivity contribution in [2.24, 2.45) is 11.7 Å².